The van der Waals surface area contributed by atoms with Crippen LogP contribution in [-0.2, 0) is 11.3 Å². The maximum atomic E-state index is 11.8. The van der Waals surface area contributed by atoms with Crippen molar-refractivity contribution in [2.75, 3.05) is 19.6 Å². The van der Waals surface area contributed by atoms with Crippen LogP contribution in [0.5, 0.6) is 0 Å². The SMILES string of the molecule is NC(=O)c1ccc(CNCCC(=O)N2CCCC2)cc1. The van der Waals surface area contributed by atoms with Gasteiger partial charge in [0.2, 0.25) is 11.8 Å². The van der Waals surface area contributed by atoms with Crippen molar-refractivity contribution in [2.24, 2.45) is 5.73 Å². The summed E-state index contributed by atoms with van der Waals surface area (Å²) in [5.41, 5.74) is 6.77. The Hall–Kier alpha value is -1.88. The van der Waals surface area contributed by atoms with Crippen LogP contribution in [-0.4, -0.2) is 36.3 Å². The molecule has 0 aliphatic carbocycles. The number of likely N-dealkylation sites (tertiary alicyclic amines) is 1. The summed E-state index contributed by atoms with van der Waals surface area (Å²) in [6.45, 7) is 3.18. The number of hydrogen-bond donors (Lipinski definition) is 2. The van der Waals surface area contributed by atoms with Gasteiger partial charge in [-0.05, 0) is 30.5 Å². The molecule has 0 radical (unpaired) electrons. The Morgan fingerprint density at radius 2 is 1.80 bits per heavy atom. The fraction of sp³-hybridized carbons (Fsp3) is 0.467. The van der Waals surface area contributed by atoms with E-state index >= 15 is 0 Å². The lowest BCUT2D eigenvalue weighted by molar-refractivity contribution is -0.130. The van der Waals surface area contributed by atoms with Gasteiger partial charge >= 0.3 is 0 Å². The molecule has 3 N–H and O–H groups in total. The van der Waals surface area contributed by atoms with Gasteiger partial charge in [0.15, 0.2) is 0 Å². The number of benzene rings is 1. The smallest absolute Gasteiger partial charge is 0.248 e. The van der Waals surface area contributed by atoms with E-state index in [1.165, 1.54) is 0 Å². The molecule has 5 nitrogen and oxygen atoms in total. The first kappa shape index (κ1) is 14.5. The number of amides is 2. The van der Waals surface area contributed by atoms with Crippen molar-refractivity contribution in [1.29, 1.82) is 0 Å². The minimum atomic E-state index is -0.416. The van der Waals surface area contributed by atoms with Crippen molar-refractivity contribution in [3.05, 3.63) is 35.4 Å². The summed E-state index contributed by atoms with van der Waals surface area (Å²) in [5.74, 6) is -0.181. The Morgan fingerprint density at radius 3 is 2.40 bits per heavy atom. The molecule has 1 aliphatic rings. The summed E-state index contributed by atoms with van der Waals surface area (Å²) in [5, 5.41) is 3.24. The molecule has 5 heteroatoms. The van der Waals surface area contributed by atoms with Gasteiger partial charge in [-0.1, -0.05) is 12.1 Å². The molecule has 2 amide bonds. The van der Waals surface area contributed by atoms with Crippen molar-refractivity contribution in [1.82, 2.24) is 10.2 Å². The zero-order valence-corrected chi connectivity index (χ0v) is 11.6. The third-order valence-electron chi connectivity index (χ3n) is 3.54. The number of primary amides is 1. The van der Waals surface area contributed by atoms with Crippen LogP contribution in [0, 0.1) is 0 Å². The second kappa shape index (κ2) is 7.05. The van der Waals surface area contributed by atoms with Crippen LogP contribution in [0.25, 0.3) is 0 Å². The van der Waals surface area contributed by atoms with E-state index in [4.69, 9.17) is 5.73 Å². The van der Waals surface area contributed by atoms with Crippen molar-refractivity contribution >= 4 is 11.8 Å². The Kier molecular flexibility index (Phi) is 5.12. The number of carbonyl (C=O) groups excluding carboxylic acids is 2. The molecule has 1 saturated heterocycles. The highest BCUT2D eigenvalue weighted by Gasteiger charge is 2.16. The molecule has 20 heavy (non-hydrogen) atoms. The lowest BCUT2D eigenvalue weighted by atomic mass is 10.1. The van der Waals surface area contributed by atoms with Crippen LogP contribution in [0.15, 0.2) is 24.3 Å². The first-order valence-corrected chi connectivity index (χ1v) is 7.04. The Morgan fingerprint density at radius 1 is 1.15 bits per heavy atom. The monoisotopic (exact) mass is 275 g/mol. The summed E-state index contributed by atoms with van der Waals surface area (Å²) < 4.78 is 0. The summed E-state index contributed by atoms with van der Waals surface area (Å²) in [6, 6.07) is 7.17. The predicted molar refractivity (Wildman–Crippen MR) is 77.1 cm³/mol. The predicted octanol–water partition coefficient (Wildman–Crippen LogP) is 0.888. The molecule has 0 spiro atoms. The van der Waals surface area contributed by atoms with Gasteiger partial charge in [-0.3, -0.25) is 9.59 Å². The van der Waals surface area contributed by atoms with E-state index in [-0.39, 0.29) is 5.91 Å². The molecule has 0 unspecified atom stereocenters. The van der Waals surface area contributed by atoms with Gasteiger partial charge in [-0.25, -0.2) is 0 Å². The zero-order valence-electron chi connectivity index (χ0n) is 11.6. The standard InChI is InChI=1S/C15H21N3O2/c16-15(20)13-5-3-12(4-6-13)11-17-8-7-14(19)18-9-1-2-10-18/h3-6,17H,1-2,7-11H2,(H2,16,20). The third-order valence-corrected chi connectivity index (χ3v) is 3.54. The number of nitrogens with one attached hydrogen (secondary N) is 1. The molecule has 0 saturated carbocycles. The van der Waals surface area contributed by atoms with E-state index in [0.29, 0.717) is 25.1 Å². The van der Waals surface area contributed by atoms with Crippen LogP contribution in [0.3, 0.4) is 0 Å². The quantitative estimate of drug-likeness (QED) is 0.757. The normalized spacial score (nSPS) is 14.5. The fourth-order valence-electron chi connectivity index (χ4n) is 2.34. The molecule has 0 bridgehead atoms. The van der Waals surface area contributed by atoms with Gasteiger partial charge in [0, 0.05) is 38.2 Å². The zero-order chi connectivity index (χ0) is 14.4. The molecule has 108 valence electrons. The molecule has 1 aromatic rings. The van der Waals surface area contributed by atoms with Gasteiger partial charge in [0.25, 0.3) is 0 Å². The highest BCUT2D eigenvalue weighted by atomic mass is 16.2. The van der Waals surface area contributed by atoms with Crippen molar-refractivity contribution in [3.63, 3.8) is 0 Å². The first-order chi connectivity index (χ1) is 9.66. The van der Waals surface area contributed by atoms with E-state index in [1.807, 2.05) is 17.0 Å². The van der Waals surface area contributed by atoms with E-state index in [0.717, 1.165) is 31.5 Å². The molecular weight excluding hydrogens is 254 g/mol. The van der Waals surface area contributed by atoms with Crippen LogP contribution in [0.1, 0.15) is 35.2 Å². The molecule has 1 aromatic carbocycles. The molecule has 1 heterocycles. The molecular formula is C15H21N3O2. The van der Waals surface area contributed by atoms with E-state index in [9.17, 15) is 9.59 Å². The molecule has 1 aliphatic heterocycles. The van der Waals surface area contributed by atoms with Crippen molar-refractivity contribution < 1.29 is 9.59 Å². The van der Waals surface area contributed by atoms with Crippen molar-refractivity contribution in [3.8, 4) is 0 Å². The summed E-state index contributed by atoms with van der Waals surface area (Å²) >= 11 is 0. The van der Waals surface area contributed by atoms with E-state index < -0.39 is 5.91 Å². The number of rotatable bonds is 6. The third kappa shape index (κ3) is 4.06. The lowest BCUT2D eigenvalue weighted by Crippen LogP contribution is -2.30. The van der Waals surface area contributed by atoms with Gasteiger partial charge in [-0.15, -0.1) is 0 Å². The van der Waals surface area contributed by atoms with Crippen molar-refractivity contribution in [2.45, 2.75) is 25.8 Å². The summed E-state index contributed by atoms with van der Waals surface area (Å²) in [6.07, 6.45) is 2.80. The number of carbonyl (C=O) groups is 2. The summed E-state index contributed by atoms with van der Waals surface area (Å²) in [4.78, 5) is 24.7. The average molecular weight is 275 g/mol. The van der Waals surface area contributed by atoms with Crippen LogP contribution < -0.4 is 11.1 Å². The van der Waals surface area contributed by atoms with Crippen LogP contribution in [0.4, 0.5) is 0 Å². The number of nitrogens with two attached hydrogens (primary N) is 1. The first-order valence-electron chi connectivity index (χ1n) is 7.04. The second-order valence-electron chi connectivity index (χ2n) is 5.08. The van der Waals surface area contributed by atoms with Gasteiger partial charge in [-0.2, -0.15) is 0 Å². The minimum absolute atomic E-state index is 0.235. The highest BCUT2D eigenvalue weighted by molar-refractivity contribution is 5.92. The van der Waals surface area contributed by atoms with Crippen LogP contribution >= 0.6 is 0 Å². The van der Waals surface area contributed by atoms with Crippen LogP contribution in [0.2, 0.25) is 0 Å². The van der Waals surface area contributed by atoms with E-state index in [1.54, 1.807) is 12.1 Å². The number of hydrogen-bond acceptors (Lipinski definition) is 3. The largest absolute Gasteiger partial charge is 0.366 e. The summed E-state index contributed by atoms with van der Waals surface area (Å²) in [7, 11) is 0. The maximum absolute atomic E-state index is 11.8. The van der Waals surface area contributed by atoms with Gasteiger partial charge in [0.1, 0.15) is 0 Å². The fourth-order valence-corrected chi connectivity index (χ4v) is 2.34. The maximum Gasteiger partial charge on any atom is 0.248 e. The van der Waals surface area contributed by atoms with E-state index in [2.05, 4.69) is 5.32 Å². The Labute approximate surface area is 119 Å². The molecule has 2 rings (SSSR count). The lowest BCUT2D eigenvalue weighted by Gasteiger charge is -2.15. The van der Waals surface area contributed by atoms with Gasteiger partial charge < -0.3 is 16.0 Å². The number of nitrogens with zero attached hydrogens (tertiary/aromatic N) is 1. The van der Waals surface area contributed by atoms with Gasteiger partial charge in [0.05, 0.1) is 0 Å². The second-order valence-corrected chi connectivity index (χ2v) is 5.08. The average Bonchev–Trinajstić information content (AvgIpc) is 2.98. The highest BCUT2D eigenvalue weighted by Crippen LogP contribution is 2.08. The Balaban J connectivity index is 1.67. The topological polar surface area (TPSA) is 75.4 Å². The molecule has 0 atom stereocenters. The minimum Gasteiger partial charge on any atom is -0.366 e. The molecule has 1 fully saturated rings. The molecule has 0 aromatic heterocycles. The Bertz CT molecular complexity index is 465.